The fourth-order valence-corrected chi connectivity index (χ4v) is 1.62. The molecule has 0 saturated carbocycles. The van der Waals surface area contributed by atoms with Crippen molar-refractivity contribution in [2.45, 2.75) is 25.9 Å². The van der Waals surface area contributed by atoms with Gasteiger partial charge in [0.05, 0.1) is 12.0 Å². The SMILES string of the molecule is CC1CC(C(=O)CCl)CCO1. The molecule has 1 fully saturated rings. The first-order valence-electron chi connectivity index (χ1n) is 3.94. The predicted octanol–water partition coefficient (Wildman–Crippen LogP) is 1.61. The number of ketones is 1. The number of halogens is 1. The zero-order chi connectivity index (χ0) is 8.27. The van der Waals surface area contributed by atoms with Gasteiger partial charge in [0.25, 0.3) is 0 Å². The van der Waals surface area contributed by atoms with Gasteiger partial charge in [-0.2, -0.15) is 0 Å². The van der Waals surface area contributed by atoms with Crippen LogP contribution in [0.5, 0.6) is 0 Å². The van der Waals surface area contributed by atoms with Crippen molar-refractivity contribution >= 4 is 17.4 Å². The van der Waals surface area contributed by atoms with Crippen molar-refractivity contribution in [1.29, 1.82) is 0 Å². The summed E-state index contributed by atoms with van der Waals surface area (Å²) in [7, 11) is 0. The Bertz CT molecular complexity index is 147. The minimum Gasteiger partial charge on any atom is -0.378 e. The first kappa shape index (κ1) is 9.01. The van der Waals surface area contributed by atoms with Gasteiger partial charge in [0.2, 0.25) is 0 Å². The van der Waals surface area contributed by atoms with Gasteiger partial charge in [-0.25, -0.2) is 0 Å². The summed E-state index contributed by atoms with van der Waals surface area (Å²) in [6.45, 7) is 2.70. The lowest BCUT2D eigenvalue weighted by Crippen LogP contribution is -2.29. The van der Waals surface area contributed by atoms with Gasteiger partial charge in [0, 0.05) is 12.5 Å². The molecule has 0 N–H and O–H groups in total. The highest BCUT2D eigenvalue weighted by Gasteiger charge is 2.24. The Morgan fingerprint density at radius 2 is 2.45 bits per heavy atom. The van der Waals surface area contributed by atoms with E-state index in [1.807, 2.05) is 6.92 Å². The number of Topliss-reactive ketones (excluding diaryl/α,β-unsaturated/α-hetero) is 1. The van der Waals surface area contributed by atoms with Crippen molar-refractivity contribution in [2.24, 2.45) is 5.92 Å². The van der Waals surface area contributed by atoms with Gasteiger partial charge in [-0.1, -0.05) is 0 Å². The fraction of sp³-hybridized carbons (Fsp3) is 0.875. The summed E-state index contributed by atoms with van der Waals surface area (Å²) in [5, 5.41) is 0. The molecule has 2 atom stereocenters. The van der Waals surface area contributed by atoms with Crippen LogP contribution in [-0.2, 0) is 9.53 Å². The summed E-state index contributed by atoms with van der Waals surface area (Å²) in [6.07, 6.45) is 1.91. The first-order valence-corrected chi connectivity index (χ1v) is 4.47. The van der Waals surface area contributed by atoms with Crippen LogP contribution in [0.1, 0.15) is 19.8 Å². The Balaban J connectivity index is 2.39. The van der Waals surface area contributed by atoms with Gasteiger partial charge in [-0.3, -0.25) is 4.79 Å². The van der Waals surface area contributed by atoms with E-state index in [1.165, 1.54) is 0 Å². The van der Waals surface area contributed by atoms with Crippen LogP contribution in [0.3, 0.4) is 0 Å². The molecule has 3 heteroatoms. The number of hydrogen-bond donors (Lipinski definition) is 0. The molecule has 0 spiro atoms. The van der Waals surface area contributed by atoms with E-state index in [0.717, 1.165) is 12.8 Å². The molecule has 1 aliphatic heterocycles. The van der Waals surface area contributed by atoms with Crippen molar-refractivity contribution in [3.63, 3.8) is 0 Å². The van der Waals surface area contributed by atoms with Gasteiger partial charge < -0.3 is 4.74 Å². The van der Waals surface area contributed by atoms with E-state index >= 15 is 0 Å². The van der Waals surface area contributed by atoms with Crippen molar-refractivity contribution in [1.82, 2.24) is 0 Å². The third-order valence-electron chi connectivity index (χ3n) is 2.07. The molecule has 0 amide bonds. The smallest absolute Gasteiger partial charge is 0.150 e. The molecule has 2 nitrogen and oxygen atoms in total. The highest BCUT2D eigenvalue weighted by Crippen LogP contribution is 2.20. The van der Waals surface area contributed by atoms with Gasteiger partial charge in [0.15, 0.2) is 5.78 Å². The van der Waals surface area contributed by atoms with Gasteiger partial charge in [0.1, 0.15) is 0 Å². The van der Waals surface area contributed by atoms with Crippen molar-refractivity contribution < 1.29 is 9.53 Å². The average Bonchev–Trinajstić information content (AvgIpc) is 2.03. The second-order valence-corrected chi connectivity index (χ2v) is 3.27. The van der Waals surface area contributed by atoms with Gasteiger partial charge >= 0.3 is 0 Å². The summed E-state index contributed by atoms with van der Waals surface area (Å²) in [5.74, 6) is 0.468. The number of carbonyl (C=O) groups excluding carboxylic acids is 1. The van der Waals surface area contributed by atoms with Crippen molar-refractivity contribution in [3.05, 3.63) is 0 Å². The van der Waals surface area contributed by atoms with Crippen LogP contribution in [0.4, 0.5) is 0 Å². The molecule has 1 saturated heterocycles. The molecule has 0 aromatic heterocycles. The Morgan fingerprint density at radius 3 is 3.00 bits per heavy atom. The van der Waals surface area contributed by atoms with Crippen LogP contribution in [-0.4, -0.2) is 24.4 Å². The molecule has 11 heavy (non-hydrogen) atoms. The van der Waals surface area contributed by atoms with Gasteiger partial charge in [-0.15, -0.1) is 11.6 Å². The van der Waals surface area contributed by atoms with E-state index in [0.29, 0.717) is 6.61 Å². The topological polar surface area (TPSA) is 26.3 Å². The maximum absolute atomic E-state index is 11.1. The van der Waals surface area contributed by atoms with E-state index in [4.69, 9.17) is 16.3 Å². The van der Waals surface area contributed by atoms with Crippen LogP contribution in [0.15, 0.2) is 0 Å². The molecule has 1 heterocycles. The van der Waals surface area contributed by atoms with E-state index in [9.17, 15) is 4.79 Å². The molecule has 1 aliphatic rings. The van der Waals surface area contributed by atoms with Crippen LogP contribution in [0, 0.1) is 5.92 Å². The summed E-state index contributed by atoms with van der Waals surface area (Å²) in [6, 6.07) is 0. The Labute approximate surface area is 71.9 Å². The van der Waals surface area contributed by atoms with Crippen LogP contribution >= 0.6 is 11.6 Å². The lowest BCUT2D eigenvalue weighted by atomic mass is 9.93. The van der Waals surface area contributed by atoms with Crippen molar-refractivity contribution in [3.8, 4) is 0 Å². The third-order valence-corrected chi connectivity index (χ3v) is 2.34. The van der Waals surface area contributed by atoms with Crippen LogP contribution in [0.2, 0.25) is 0 Å². The largest absolute Gasteiger partial charge is 0.378 e. The fourth-order valence-electron chi connectivity index (χ4n) is 1.40. The molecule has 0 bridgehead atoms. The molecule has 1 rings (SSSR count). The molecular formula is C8H13ClO2. The molecule has 64 valence electrons. The summed E-state index contributed by atoms with van der Waals surface area (Å²) < 4.78 is 5.31. The zero-order valence-corrected chi connectivity index (χ0v) is 7.43. The van der Waals surface area contributed by atoms with Crippen molar-refractivity contribution in [2.75, 3.05) is 12.5 Å². The van der Waals surface area contributed by atoms with Gasteiger partial charge in [-0.05, 0) is 19.8 Å². The Hall–Kier alpha value is -0.0800. The van der Waals surface area contributed by atoms with E-state index in [1.54, 1.807) is 0 Å². The lowest BCUT2D eigenvalue weighted by molar-refractivity contribution is -0.124. The quantitative estimate of drug-likeness (QED) is 0.598. The standard InChI is InChI=1S/C8H13ClO2/c1-6-4-7(2-3-11-6)8(10)5-9/h6-7H,2-5H2,1H3. The minimum absolute atomic E-state index is 0.149. The summed E-state index contributed by atoms with van der Waals surface area (Å²) >= 11 is 5.44. The molecule has 0 aromatic rings. The summed E-state index contributed by atoms with van der Waals surface area (Å²) in [4.78, 5) is 11.1. The number of carbonyl (C=O) groups is 1. The normalized spacial score (nSPS) is 31.8. The molecular weight excluding hydrogens is 164 g/mol. The number of rotatable bonds is 2. The van der Waals surface area contributed by atoms with Crippen LogP contribution < -0.4 is 0 Å². The summed E-state index contributed by atoms with van der Waals surface area (Å²) in [5.41, 5.74) is 0. The second-order valence-electron chi connectivity index (χ2n) is 3.00. The second kappa shape index (κ2) is 4.07. The predicted molar refractivity (Wildman–Crippen MR) is 43.9 cm³/mol. The average molecular weight is 177 g/mol. The van der Waals surface area contributed by atoms with E-state index in [2.05, 4.69) is 0 Å². The Morgan fingerprint density at radius 1 is 1.73 bits per heavy atom. The number of ether oxygens (including phenoxy) is 1. The molecule has 2 unspecified atom stereocenters. The monoisotopic (exact) mass is 176 g/mol. The molecule has 0 aromatic carbocycles. The highest BCUT2D eigenvalue weighted by molar-refractivity contribution is 6.27. The Kier molecular flexibility index (Phi) is 3.34. The van der Waals surface area contributed by atoms with Crippen LogP contribution in [0.25, 0.3) is 0 Å². The third kappa shape index (κ3) is 2.46. The number of alkyl halides is 1. The maximum Gasteiger partial charge on any atom is 0.150 e. The zero-order valence-electron chi connectivity index (χ0n) is 6.68. The highest BCUT2D eigenvalue weighted by atomic mass is 35.5. The molecule has 0 aliphatic carbocycles. The lowest BCUT2D eigenvalue weighted by Gasteiger charge is -2.25. The first-order chi connectivity index (χ1) is 5.24. The van der Waals surface area contributed by atoms with E-state index in [-0.39, 0.29) is 23.7 Å². The molecule has 0 radical (unpaired) electrons. The van der Waals surface area contributed by atoms with E-state index < -0.39 is 0 Å². The number of hydrogen-bond acceptors (Lipinski definition) is 2. The minimum atomic E-state index is 0.149. The maximum atomic E-state index is 11.1.